The Morgan fingerprint density at radius 1 is 1.19 bits per heavy atom. The molecule has 0 radical (unpaired) electrons. The second-order valence-corrected chi connectivity index (χ2v) is 9.80. The molecule has 1 atom stereocenters. The summed E-state index contributed by atoms with van der Waals surface area (Å²) in [7, 11) is -3.73. The van der Waals surface area contributed by atoms with Crippen molar-refractivity contribution in [3.8, 4) is 0 Å². The number of ether oxygens (including phenoxy) is 1. The summed E-state index contributed by atoms with van der Waals surface area (Å²) in [6, 6.07) is 11.1. The van der Waals surface area contributed by atoms with Gasteiger partial charge in [0.2, 0.25) is 10.0 Å². The van der Waals surface area contributed by atoms with Gasteiger partial charge in [0, 0.05) is 12.6 Å². The summed E-state index contributed by atoms with van der Waals surface area (Å²) in [4.78, 5) is 25.3. The SMILES string of the molecule is Cc1ccc(S(=O)(=O)N2CCCCC2C)cc1C(=O)OCn1nnc2ccccc2c1=O. The highest BCUT2D eigenvalue weighted by Gasteiger charge is 2.31. The van der Waals surface area contributed by atoms with Crippen LogP contribution >= 0.6 is 0 Å². The average molecular weight is 457 g/mol. The van der Waals surface area contributed by atoms with Crippen LogP contribution < -0.4 is 5.56 Å². The molecule has 2 heterocycles. The van der Waals surface area contributed by atoms with Crippen LogP contribution in [0.3, 0.4) is 0 Å². The molecule has 9 nitrogen and oxygen atoms in total. The van der Waals surface area contributed by atoms with Crippen LogP contribution in [0.15, 0.2) is 52.2 Å². The molecule has 2 aromatic carbocycles. The zero-order valence-electron chi connectivity index (χ0n) is 17.9. The van der Waals surface area contributed by atoms with Crippen LogP contribution in [0.1, 0.15) is 42.1 Å². The number of fused-ring (bicyclic) bond motifs is 1. The first-order valence-electron chi connectivity index (χ1n) is 10.4. The second kappa shape index (κ2) is 8.79. The minimum absolute atomic E-state index is 0.0477. The lowest BCUT2D eigenvalue weighted by Crippen LogP contribution is -2.41. The molecule has 4 rings (SSSR count). The van der Waals surface area contributed by atoms with Crippen LogP contribution in [-0.4, -0.2) is 46.3 Å². The largest absolute Gasteiger partial charge is 0.439 e. The molecule has 1 aliphatic rings. The van der Waals surface area contributed by atoms with Crippen molar-refractivity contribution in [1.82, 2.24) is 19.3 Å². The van der Waals surface area contributed by atoms with E-state index in [4.69, 9.17) is 4.74 Å². The van der Waals surface area contributed by atoms with Crippen molar-refractivity contribution in [1.29, 1.82) is 0 Å². The van der Waals surface area contributed by atoms with Crippen molar-refractivity contribution in [3.63, 3.8) is 0 Å². The monoisotopic (exact) mass is 456 g/mol. The van der Waals surface area contributed by atoms with Crippen molar-refractivity contribution in [3.05, 3.63) is 63.9 Å². The number of sulfonamides is 1. The first-order chi connectivity index (χ1) is 15.3. The lowest BCUT2D eigenvalue weighted by atomic mass is 10.1. The smallest absolute Gasteiger partial charge is 0.340 e. The van der Waals surface area contributed by atoms with E-state index in [1.54, 1.807) is 37.3 Å². The summed E-state index contributed by atoms with van der Waals surface area (Å²) < 4.78 is 34.0. The number of carbonyl (C=O) groups excluding carboxylic acids is 1. The maximum absolute atomic E-state index is 13.1. The number of rotatable bonds is 5. The van der Waals surface area contributed by atoms with Gasteiger partial charge in [-0.3, -0.25) is 4.79 Å². The molecule has 10 heteroatoms. The summed E-state index contributed by atoms with van der Waals surface area (Å²) in [5.74, 6) is -0.742. The van der Waals surface area contributed by atoms with Gasteiger partial charge < -0.3 is 4.74 Å². The predicted molar refractivity (Wildman–Crippen MR) is 118 cm³/mol. The quantitative estimate of drug-likeness (QED) is 0.542. The molecule has 1 aliphatic heterocycles. The molecule has 168 valence electrons. The van der Waals surface area contributed by atoms with Gasteiger partial charge in [0.05, 0.1) is 15.8 Å². The Morgan fingerprint density at radius 3 is 2.75 bits per heavy atom. The number of hydrogen-bond donors (Lipinski definition) is 0. The molecular weight excluding hydrogens is 432 g/mol. The van der Waals surface area contributed by atoms with Crippen LogP contribution in [0.5, 0.6) is 0 Å². The fourth-order valence-electron chi connectivity index (χ4n) is 3.85. The molecule has 32 heavy (non-hydrogen) atoms. The second-order valence-electron chi connectivity index (χ2n) is 7.91. The van der Waals surface area contributed by atoms with Crippen molar-refractivity contribution < 1.29 is 17.9 Å². The lowest BCUT2D eigenvalue weighted by molar-refractivity contribution is 0.0335. The highest BCUT2D eigenvalue weighted by atomic mass is 32.2. The predicted octanol–water partition coefficient (Wildman–Crippen LogP) is 2.48. The van der Waals surface area contributed by atoms with E-state index in [0.717, 1.165) is 23.9 Å². The van der Waals surface area contributed by atoms with Gasteiger partial charge in [-0.1, -0.05) is 29.8 Å². The van der Waals surface area contributed by atoms with Crippen LogP contribution in [0.2, 0.25) is 0 Å². The fourth-order valence-corrected chi connectivity index (χ4v) is 5.58. The van der Waals surface area contributed by atoms with E-state index in [0.29, 0.717) is 23.0 Å². The molecule has 3 aromatic rings. The van der Waals surface area contributed by atoms with Gasteiger partial charge in [-0.15, -0.1) is 5.10 Å². The average Bonchev–Trinajstić information content (AvgIpc) is 2.79. The van der Waals surface area contributed by atoms with Gasteiger partial charge in [0.1, 0.15) is 5.52 Å². The molecule has 0 spiro atoms. The minimum Gasteiger partial charge on any atom is -0.439 e. The zero-order chi connectivity index (χ0) is 22.9. The molecule has 0 N–H and O–H groups in total. The van der Waals surface area contributed by atoms with Gasteiger partial charge in [0.15, 0.2) is 6.73 Å². The first-order valence-corrected chi connectivity index (χ1v) is 11.8. The summed E-state index contributed by atoms with van der Waals surface area (Å²) >= 11 is 0. The number of piperidine rings is 1. The summed E-state index contributed by atoms with van der Waals surface area (Å²) in [6.45, 7) is 3.61. The van der Waals surface area contributed by atoms with Gasteiger partial charge in [0.25, 0.3) is 5.56 Å². The van der Waals surface area contributed by atoms with E-state index in [1.165, 1.54) is 16.4 Å². The van der Waals surface area contributed by atoms with Gasteiger partial charge >= 0.3 is 5.97 Å². The Morgan fingerprint density at radius 2 is 1.97 bits per heavy atom. The van der Waals surface area contributed by atoms with Crippen molar-refractivity contribution in [2.75, 3.05) is 6.54 Å². The van der Waals surface area contributed by atoms with E-state index in [1.807, 2.05) is 6.92 Å². The summed E-state index contributed by atoms with van der Waals surface area (Å²) in [5, 5.41) is 8.11. The van der Waals surface area contributed by atoms with Crippen molar-refractivity contribution in [2.45, 2.75) is 50.8 Å². The topological polar surface area (TPSA) is 111 Å². The number of benzene rings is 2. The third-order valence-corrected chi connectivity index (χ3v) is 7.73. The molecular formula is C22H24N4O5S. The molecule has 0 aliphatic carbocycles. The number of hydrogen-bond acceptors (Lipinski definition) is 7. The number of nitrogens with zero attached hydrogens (tertiary/aromatic N) is 4. The maximum Gasteiger partial charge on any atom is 0.340 e. The Labute approximate surface area is 185 Å². The molecule has 1 fully saturated rings. The third-order valence-electron chi connectivity index (χ3n) is 5.72. The van der Waals surface area contributed by atoms with E-state index >= 15 is 0 Å². The number of aryl methyl sites for hydroxylation is 1. The Bertz CT molecular complexity index is 1340. The fraction of sp³-hybridized carbons (Fsp3) is 0.364. The Hall–Kier alpha value is -3.11. The van der Waals surface area contributed by atoms with Gasteiger partial charge in [-0.05, 0) is 56.5 Å². The number of esters is 1. The highest BCUT2D eigenvalue weighted by molar-refractivity contribution is 7.89. The van der Waals surface area contributed by atoms with Crippen LogP contribution in [0.4, 0.5) is 0 Å². The van der Waals surface area contributed by atoms with E-state index in [-0.39, 0.29) is 16.5 Å². The van der Waals surface area contributed by atoms with E-state index in [9.17, 15) is 18.0 Å². The zero-order valence-corrected chi connectivity index (χ0v) is 18.7. The summed E-state index contributed by atoms with van der Waals surface area (Å²) in [5.41, 5.74) is 0.700. The van der Waals surface area contributed by atoms with Gasteiger partial charge in [-0.25, -0.2) is 13.2 Å². The van der Waals surface area contributed by atoms with Crippen LogP contribution in [0, 0.1) is 6.92 Å². The molecule has 0 saturated carbocycles. The maximum atomic E-state index is 13.1. The first kappa shape index (κ1) is 22.1. The molecule has 0 amide bonds. The minimum atomic E-state index is -3.73. The molecule has 1 unspecified atom stereocenters. The van der Waals surface area contributed by atoms with E-state index in [2.05, 4.69) is 10.3 Å². The molecule has 0 bridgehead atoms. The van der Waals surface area contributed by atoms with Crippen molar-refractivity contribution in [2.24, 2.45) is 0 Å². The van der Waals surface area contributed by atoms with E-state index < -0.39 is 28.3 Å². The normalized spacial score (nSPS) is 17.4. The Balaban J connectivity index is 1.57. The Kier molecular flexibility index (Phi) is 6.07. The lowest BCUT2D eigenvalue weighted by Gasteiger charge is -2.32. The van der Waals surface area contributed by atoms with Crippen LogP contribution in [0.25, 0.3) is 10.9 Å². The van der Waals surface area contributed by atoms with Crippen LogP contribution in [-0.2, 0) is 21.5 Å². The standard InChI is InChI=1S/C22H24N4O5S/c1-15-10-11-17(32(29,30)26-12-6-5-7-16(26)2)13-19(15)22(28)31-14-25-21(27)18-8-3-4-9-20(18)23-24-25/h3-4,8-11,13,16H,5-7,12,14H2,1-2H3. The molecule has 1 saturated heterocycles. The molecule has 1 aromatic heterocycles. The highest BCUT2D eigenvalue weighted by Crippen LogP contribution is 2.26. The number of carbonyl (C=O) groups is 1. The van der Waals surface area contributed by atoms with Gasteiger partial charge in [-0.2, -0.15) is 8.99 Å². The summed E-state index contributed by atoms with van der Waals surface area (Å²) in [6.07, 6.45) is 2.61. The third kappa shape index (κ3) is 4.15. The number of aromatic nitrogens is 3. The van der Waals surface area contributed by atoms with Crippen molar-refractivity contribution >= 4 is 26.9 Å².